The minimum absolute atomic E-state index is 0.0640. The van der Waals surface area contributed by atoms with Gasteiger partial charge in [0.05, 0.1) is 5.56 Å². The number of halogens is 3. The summed E-state index contributed by atoms with van der Waals surface area (Å²) >= 11 is 0. The van der Waals surface area contributed by atoms with Gasteiger partial charge in [-0.2, -0.15) is 13.2 Å². The van der Waals surface area contributed by atoms with Gasteiger partial charge in [0.1, 0.15) is 12.0 Å². The van der Waals surface area contributed by atoms with E-state index >= 15 is 0 Å². The van der Waals surface area contributed by atoms with Crippen LogP contribution in [0.15, 0.2) is 79.3 Å². The summed E-state index contributed by atoms with van der Waals surface area (Å²) in [5, 5.41) is 4.60. The molecule has 0 unspecified atom stereocenters. The van der Waals surface area contributed by atoms with E-state index in [0.717, 1.165) is 45.2 Å². The van der Waals surface area contributed by atoms with Crippen LogP contribution in [0.2, 0.25) is 0 Å². The van der Waals surface area contributed by atoms with E-state index in [0.29, 0.717) is 5.69 Å². The molecule has 0 radical (unpaired) electrons. The number of nitrogens with zero attached hydrogens (tertiary/aromatic N) is 2. The van der Waals surface area contributed by atoms with Gasteiger partial charge in [-0.3, -0.25) is 4.79 Å². The zero-order valence-electron chi connectivity index (χ0n) is 16.4. The third-order valence-corrected chi connectivity index (χ3v) is 5.18. The van der Waals surface area contributed by atoms with Gasteiger partial charge in [-0.1, -0.05) is 30.3 Å². The summed E-state index contributed by atoms with van der Waals surface area (Å²) in [6.45, 7) is 0. The standard InChI is InChI=1S/C24H15F3N4O/c25-24(26,27)17-5-1-4-16(9-17)23(32)30-18-6-2-3-14(10-18)15-7-8-19-20-12-28-13-29-22(20)31-21(19)11-15/h1-13H,(H,30,32)(H,28,29,31). The molecule has 0 saturated heterocycles. The van der Waals surface area contributed by atoms with Crippen molar-refractivity contribution in [1.82, 2.24) is 15.0 Å². The number of hydrogen-bond acceptors (Lipinski definition) is 3. The number of alkyl halides is 3. The van der Waals surface area contributed by atoms with Gasteiger partial charge in [0.15, 0.2) is 0 Å². The molecule has 0 aliphatic rings. The first kappa shape index (κ1) is 19.7. The fraction of sp³-hybridized carbons (Fsp3) is 0.0417. The normalized spacial score (nSPS) is 11.7. The average molecular weight is 432 g/mol. The number of fused-ring (bicyclic) bond motifs is 3. The zero-order chi connectivity index (χ0) is 22.3. The van der Waals surface area contributed by atoms with Crippen molar-refractivity contribution in [2.45, 2.75) is 6.18 Å². The first-order valence-electron chi connectivity index (χ1n) is 9.69. The molecule has 0 aliphatic heterocycles. The number of hydrogen-bond donors (Lipinski definition) is 2. The van der Waals surface area contributed by atoms with Crippen molar-refractivity contribution in [2.75, 3.05) is 5.32 Å². The van der Waals surface area contributed by atoms with Gasteiger partial charge in [-0.05, 0) is 47.5 Å². The lowest BCUT2D eigenvalue weighted by Crippen LogP contribution is -2.13. The lowest BCUT2D eigenvalue weighted by Gasteiger charge is -2.10. The molecule has 32 heavy (non-hydrogen) atoms. The molecule has 5 rings (SSSR count). The molecular formula is C24H15F3N4O. The Bertz CT molecular complexity index is 1470. The molecule has 8 heteroatoms. The summed E-state index contributed by atoms with van der Waals surface area (Å²) < 4.78 is 38.8. The van der Waals surface area contributed by atoms with Gasteiger partial charge >= 0.3 is 6.18 Å². The quantitative estimate of drug-likeness (QED) is 0.365. The number of amides is 1. The Morgan fingerprint density at radius 3 is 2.56 bits per heavy atom. The Hall–Kier alpha value is -4.20. The molecule has 0 aliphatic carbocycles. The maximum atomic E-state index is 12.9. The van der Waals surface area contributed by atoms with Crippen molar-refractivity contribution in [3.05, 3.63) is 90.4 Å². The number of nitrogens with one attached hydrogen (secondary N) is 2. The number of anilines is 1. The minimum Gasteiger partial charge on any atom is -0.339 e. The second-order valence-corrected chi connectivity index (χ2v) is 7.28. The monoisotopic (exact) mass is 432 g/mol. The first-order valence-corrected chi connectivity index (χ1v) is 9.69. The number of benzene rings is 3. The fourth-order valence-electron chi connectivity index (χ4n) is 3.63. The lowest BCUT2D eigenvalue weighted by atomic mass is 10.0. The highest BCUT2D eigenvalue weighted by Crippen LogP contribution is 2.31. The van der Waals surface area contributed by atoms with Crippen molar-refractivity contribution in [2.24, 2.45) is 0 Å². The predicted molar refractivity (Wildman–Crippen MR) is 116 cm³/mol. The SMILES string of the molecule is O=C(Nc1cccc(-c2ccc3c(c2)[nH]c2ncncc23)c1)c1cccc(C(F)(F)F)c1. The smallest absolute Gasteiger partial charge is 0.339 e. The van der Waals surface area contributed by atoms with Gasteiger partial charge in [-0.15, -0.1) is 0 Å². The van der Waals surface area contributed by atoms with Crippen LogP contribution in [0.25, 0.3) is 33.1 Å². The summed E-state index contributed by atoms with van der Waals surface area (Å²) in [5.41, 5.74) is 2.95. The Morgan fingerprint density at radius 1 is 0.906 bits per heavy atom. The van der Waals surface area contributed by atoms with Crippen molar-refractivity contribution in [3.63, 3.8) is 0 Å². The van der Waals surface area contributed by atoms with E-state index < -0.39 is 17.6 Å². The minimum atomic E-state index is -4.51. The van der Waals surface area contributed by atoms with Gasteiger partial charge in [-0.25, -0.2) is 9.97 Å². The topological polar surface area (TPSA) is 70.7 Å². The molecule has 5 aromatic rings. The number of carbonyl (C=O) groups excluding carboxylic acids is 1. The number of aromatic nitrogens is 3. The van der Waals surface area contributed by atoms with Crippen LogP contribution in [0.5, 0.6) is 0 Å². The largest absolute Gasteiger partial charge is 0.416 e. The molecule has 158 valence electrons. The van der Waals surface area contributed by atoms with Crippen molar-refractivity contribution in [1.29, 1.82) is 0 Å². The summed E-state index contributed by atoms with van der Waals surface area (Å²) in [7, 11) is 0. The van der Waals surface area contributed by atoms with Gasteiger partial charge in [0.25, 0.3) is 5.91 Å². The Balaban J connectivity index is 1.43. The highest BCUT2D eigenvalue weighted by Gasteiger charge is 2.30. The molecule has 0 saturated carbocycles. The second kappa shape index (κ2) is 7.49. The van der Waals surface area contributed by atoms with Crippen LogP contribution >= 0.6 is 0 Å². The molecule has 0 spiro atoms. The highest BCUT2D eigenvalue weighted by atomic mass is 19.4. The second-order valence-electron chi connectivity index (χ2n) is 7.28. The molecule has 0 fully saturated rings. The Kier molecular flexibility index (Phi) is 4.62. The van der Waals surface area contributed by atoms with E-state index in [1.807, 2.05) is 24.3 Å². The molecule has 2 N–H and O–H groups in total. The van der Waals surface area contributed by atoms with Crippen LogP contribution in [0, 0.1) is 0 Å². The van der Waals surface area contributed by atoms with Gasteiger partial charge < -0.3 is 10.3 Å². The van der Waals surface area contributed by atoms with Crippen molar-refractivity contribution < 1.29 is 18.0 Å². The van der Waals surface area contributed by atoms with Crippen molar-refractivity contribution >= 4 is 33.5 Å². The summed E-state index contributed by atoms with van der Waals surface area (Å²) in [6, 6.07) is 17.4. The molecule has 0 atom stereocenters. The van der Waals surface area contributed by atoms with E-state index in [-0.39, 0.29) is 5.56 Å². The number of rotatable bonds is 3. The molecule has 0 bridgehead atoms. The van der Waals surface area contributed by atoms with E-state index in [9.17, 15) is 18.0 Å². The van der Waals surface area contributed by atoms with Crippen LogP contribution in [-0.2, 0) is 6.18 Å². The zero-order valence-corrected chi connectivity index (χ0v) is 16.4. The molecule has 5 nitrogen and oxygen atoms in total. The summed E-state index contributed by atoms with van der Waals surface area (Å²) in [6.07, 6.45) is -1.27. The van der Waals surface area contributed by atoms with Crippen LogP contribution in [-0.4, -0.2) is 20.9 Å². The van der Waals surface area contributed by atoms with E-state index in [2.05, 4.69) is 20.3 Å². The molecular weight excluding hydrogens is 417 g/mol. The Morgan fingerprint density at radius 2 is 1.72 bits per heavy atom. The molecule has 3 aromatic carbocycles. The number of aromatic amines is 1. The number of carbonyl (C=O) groups is 1. The molecule has 2 heterocycles. The summed E-state index contributed by atoms with van der Waals surface area (Å²) in [4.78, 5) is 24.1. The number of H-pyrrole nitrogens is 1. The lowest BCUT2D eigenvalue weighted by molar-refractivity contribution is -0.137. The van der Waals surface area contributed by atoms with E-state index in [1.165, 1.54) is 18.5 Å². The maximum absolute atomic E-state index is 12.9. The van der Waals surface area contributed by atoms with E-state index in [4.69, 9.17) is 0 Å². The van der Waals surface area contributed by atoms with Gasteiger partial charge in [0.2, 0.25) is 0 Å². The van der Waals surface area contributed by atoms with Crippen LogP contribution in [0.3, 0.4) is 0 Å². The third kappa shape index (κ3) is 3.66. The fourth-order valence-corrected chi connectivity index (χ4v) is 3.63. The van der Waals surface area contributed by atoms with Crippen LogP contribution < -0.4 is 5.32 Å². The average Bonchev–Trinajstić information content (AvgIpc) is 3.16. The molecule has 1 amide bonds. The maximum Gasteiger partial charge on any atom is 0.416 e. The Labute approximate surface area is 179 Å². The van der Waals surface area contributed by atoms with E-state index in [1.54, 1.807) is 24.4 Å². The predicted octanol–water partition coefficient (Wildman–Crippen LogP) is 6.05. The highest BCUT2D eigenvalue weighted by molar-refractivity contribution is 6.07. The van der Waals surface area contributed by atoms with Crippen LogP contribution in [0.1, 0.15) is 15.9 Å². The van der Waals surface area contributed by atoms with Crippen LogP contribution in [0.4, 0.5) is 18.9 Å². The molecule has 2 aromatic heterocycles. The third-order valence-electron chi connectivity index (χ3n) is 5.18. The van der Waals surface area contributed by atoms with Crippen molar-refractivity contribution in [3.8, 4) is 11.1 Å². The first-order chi connectivity index (χ1) is 15.4. The summed E-state index contributed by atoms with van der Waals surface area (Å²) in [5.74, 6) is -0.613. The van der Waals surface area contributed by atoms with Gasteiger partial charge in [0, 0.05) is 33.7 Å².